The number of rotatable bonds is 10. The molecule has 4 unspecified atom stereocenters. The molecule has 0 radical (unpaired) electrons. The number of amides is 1. The molecule has 1 aromatic heterocycles. The molecule has 9 rings (SSSR count). The van der Waals surface area contributed by atoms with Gasteiger partial charge in [0.1, 0.15) is 18.5 Å². The van der Waals surface area contributed by atoms with E-state index in [1.54, 1.807) is 18.9 Å². The van der Waals surface area contributed by atoms with Crippen LogP contribution in [0.25, 0.3) is 10.9 Å². The minimum absolute atomic E-state index is 0. The van der Waals surface area contributed by atoms with Crippen molar-refractivity contribution in [2.45, 2.75) is 107 Å². The molecule has 3 aromatic rings. The number of ether oxygens (including phenoxy) is 2. The quantitative estimate of drug-likeness (QED) is 0.121. The number of benzene rings is 2. The summed E-state index contributed by atoms with van der Waals surface area (Å²) in [6.07, 6.45) is 8.23. The van der Waals surface area contributed by atoms with Gasteiger partial charge in [-0.3, -0.25) is 14.6 Å². The largest absolute Gasteiger partial charge is 0.496 e. The lowest BCUT2D eigenvalue weighted by Crippen LogP contribution is -2.80. The number of piperidine rings is 1. The summed E-state index contributed by atoms with van der Waals surface area (Å²) >= 11 is 1.54. The number of thioether (sulfide) groups is 1. The predicted molar refractivity (Wildman–Crippen MR) is 242 cm³/mol. The molecule has 1 amide bonds. The van der Waals surface area contributed by atoms with Crippen LogP contribution < -0.4 is 15.4 Å². The minimum Gasteiger partial charge on any atom is -0.496 e. The lowest BCUT2D eigenvalue weighted by molar-refractivity contribution is -0.198. The number of carbonyl (C=O) groups excluding carboxylic acids is 4. The average Bonchev–Trinajstić information content (AvgIpc) is 3.96. The fourth-order valence-electron chi connectivity index (χ4n) is 13.0. The van der Waals surface area contributed by atoms with Crippen LogP contribution in [0.5, 0.6) is 5.75 Å². The van der Waals surface area contributed by atoms with E-state index in [-0.39, 0.29) is 32.1 Å². The summed E-state index contributed by atoms with van der Waals surface area (Å²) in [4.78, 5) is 52.4. The molecule has 2 saturated heterocycles. The molecule has 10 atom stereocenters. The van der Waals surface area contributed by atoms with Crippen LogP contribution in [-0.4, -0.2) is 143 Å². The van der Waals surface area contributed by atoms with Crippen LogP contribution >= 0.6 is 11.8 Å². The molecule has 15 heteroatoms. The maximum absolute atomic E-state index is 14.6. The van der Waals surface area contributed by atoms with E-state index in [4.69, 9.17) is 19.1 Å². The monoisotopic (exact) mass is 887 g/mol. The van der Waals surface area contributed by atoms with Crippen molar-refractivity contribution in [1.82, 2.24) is 20.1 Å². The Morgan fingerprint density at radius 1 is 1.08 bits per heavy atom. The zero-order valence-electron chi connectivity index (χ0n) is 36.4. The van der Waals surface area contributed by atoms with Crippen molar-refractivity contribution in [3.63, 3.8) is 0 Å². The zero-order chi connectivity index (χ0) is 44.2. The van der Waals surface area contributed by atoms with Crippen LogP contribution in [-0.2, 0) is 36.4 Å². The van der Waals surface area contributed by atoms with E-state index in [9.17, 15) is 24.9 Å². The van der Waals surface area contributed by atoms with E-state index in [1.807, 2.05) is 25.3 Å². The fraction of sp³-hybridized carbons (Fsp3) is 0.604. The van der Waals surface area contributed by atoms with E-state index >= 15 is 0 Å². The van der Waals surface area contributed by atoms with Crippen LogP contribution in [0.2, 0.25) is 0 Å². The fourth-order valence-corrected chi connectivity index (χ4v) is 13.3. The maximum atomic E-state index is 14.6. The highest BCUT2D eigenvalue weighted by molar-refractivity contribution is 7.98. The van der Waals surface area contributed by atoms with Crippen LogP contribution in [0.15, 0.2) is 48.6 Å². The predicted octanol–water partition coefficient (Wildman–Crippen LogP) is 4.78. The van der Waals surface area contributed by atoms with Crippen molar-refractivity contribution in [3.8, 4) is 5.75 Å². The first kappa shape index (κ1) is 46.8. The van der Waals surface area contributed by atoms with Gasteiger partial charge >= 0.3 is 12.2 Å². The highest BCUT2D eigenvalue weighted by Crippen LogP contribution is 2.66. The number of para-hydroxylation sites is 1. The number of fused-ring (bicyclic) bond motifs is 6. The lowest BCUT2D eigenvalue weighted by atomic mass is 9.47. The Morgan fingerprint density at radius 3 is 2.56 bits per heavy atom. The number of aromatic nitrogens is 1. The van der Waals surface area contributed by atoms with Gasteiger partial charge in [0, 0.05) is 88.1 Å². The molecule has 6 heterocycles. The Kier molecular flexibility index (Phi) is 13.1. The summed E-state index contributed by atoms with van der Waals surface area (Å²) in [5.74, 6) is 0.847. The van der Waals surface area contributed by atoms with Gasteiger partial charge in [-0.25, -0.2) is 4.79 Å². The molecule has 1 saturated carbocycles. The van der Waals surface area contributed by atoms with Crippen molar-refractivity contribution in [1.29, 1.82) is 0 Å². The van der Waals surface area contributed by atoms with Gasteiger partial charge in [0.15, 0.2) is 11.4 Å². The first-order chi connectivity index (χ1) is 29.7. The SMILES string of the molecule is C.CCC1(O)CC2CN(CCc3c([nH]c4ccccc34)[C@@](C)(c3cc4c(cc3OC)N[C@H]3[C@@](O)(C(=O)CNC(=O)OCCSC)[C@H](O)[C@]5(CC)C=CCN6CC[C@]43C65)C2)C1.O=C=O. The number of hydrogen-bond donors (Lipinski definition) is 6. The number of carbonyl (C=O) groups is 2. The number of ketones is 1. The van der Waals surface area contributed by atoms with Gasteiger partial charge < -0.3 is 40.4 Å². The molecule has 14 nitrogen and oxygen atoms in total. The Labute approximate surface area is 374 Å². The normalized spacial score (nSPS) is 34.7. The second kappa shape index (κ2) is 17.6. The van der Waals surface area contributed by atoms with E-state index in [0.29, 0.717) is 50.3 Å². The van der Waals surface area contributed by atoms with Gasteiger partial charge in [-0.05, 0) is 87.4 Å². The summed E-state index contributed by atoms with van der Waals surface area (Å²) in [7, 11) is 1.70. The molecule has 2 bridgehead atoms. The molecule has 5 aliphatic heterocycles. The minimum atomic E-state index is -2.27. The van der Waals surface area contributed by atoms with Gasteiger partial charge in [0.2, 0.25) is 0 Å². The third-order valence-electron chi connectivity index (χ3n) is 15.6. The highest BCUT2D eigenvalue weighted by Gasteiger charge is 2.77. The Bertz CT molecular complexity index is 2280. The number of anilines is 1. The highest BCUT2D eigenvalue weighted by atomic mass is 32.2. The Morgan fingerprint density at radius 2 is 1.84 bits per heavy atom. The number of Topliss-reactive ketones (excluding diaryl/α,β-unsaturated/α-hetero) is 1. The first-order valence-corrected chi connectivity index (χ1v) is 23.4. The Balaban J connectivity index is 0.00000145. The van der Waals surface area contributed by atoms with Crippen LogP contribution in [0, 0.1) is 11.3 Å². The topological polar surface area (TPSA) is 194 Å². The molecule has 342 valence electrons. The van der Waals surface area contributed by atoms with Crippen LogP contribution in [0.1, 0.15) is 82.7 Å². The van der Waals surface area contributed by atoms with E-state index < -0.39 is 58.0 Å². The molecule has 6 N–H and O–H groups in total. The number of methoxy groups -OCH3 is 1. The summed E-state index contributed by atoms with van der Waals surface area (Å²) in [5, 5.41) is 45.0. The average molecular weight is 888 g/mol. The molecular weight excluding hydrogens is 823 g/mol. The van der Waals surface area contributed by atoms with Gasteiger partial charge in [-0.1, -0.05) is 51.6 Å². The third kappa shape index (κ3) is 7.22. The maximum Gasteiger partial charge on any atom is 0.407 e. The van der Waals surface area contributed by atoms with Gasteiger partial charge in [-0.2, -0.15) is 21.4 Å². The summed E-state index contributed by atoms with van der Waals surface area (Å²) in [6, 6.07) is 11.8. The summed E-state index contributed by atoms with van der Waals surface area (Å²) in [6.45, 7) is 9.99. The van der Waals surface area contributed by atoms with E-state index in [2.05, 4.69) is 75.7 Å². The third-order valence-corrected chi connectivity index (χ3v) is 16.2. The molecule has 2 aromatic carbocycles. The van der Waals surface area contributed by atoms with Crippen molar-refractivity contribution in [3.05, 3.63) is 70.9 Å². The summed E-state index contributed by atoms with van der Waals surface area (Å²) < 4.78 is 11.6. The number of alkyl carbamates (subject to hydrolysis) is 1. The molecule has 3 fully saturated rings. The van der Waals surface area contributed by atoms with Gasteiger partial charge in [0.25, 0.3) is 0 Å². The van der Waals surface area contributed by atoms with Crippen LogP contribution in [0.4, 0.5) is 10.5 Å². The van der Waals surface area contributed by atoms with Crippen molar-refractivity contribution >= 4 is 46.4 Å². The molecule has 1 spiro atoms. The van der Waals surface area contributed by atoms with E-state index in [1.165, 1.54) is 10.9 Å². The first-order valence-electron chi connectivity index (χ1n) is 22.0. The lowest BCUT2D eigenvalue weighted by Gasteiger charge is -2.62. The molecular formula is C48H65N5O9S. The number of H-pyrrole nitrogens is 1. The summed E-state index contributed by atoms with van der Waals surface area (Å²) in [5.41, 5.74) is 0.945. The number of aliphatic hydroxyl groups excluding tert-OH is 1. The molecule has 6 aliphatic rings. The number of aromatic amines is 1. The Hall–Kier alpha value is -4.21. The van der Waals surface area contributed by atoms with Crippen molar-refractivity contribution in [2.75, 3.05) is 70.3 Å². The second-order valence-corrected chi connectivity index (χ2v) is 19.6. The number of aliphatic hydroxyl groups is 3. The number of nitrogens with zero attached hydrogens (tertiary/aromatic N) is 2. The van der Waals surface area contributed by atoms with E-state index in [0.717, 1.165) is 60.5 Å². The number of nitrogens with one attached hydrogen (secondary N) is 3. The van der Waals surface area contributed by atoms with Crippen molar-refractivity contribution < 1.29 is 44.0 Å². The van der Waals surface area contributed by atoms with Gasteiger partial charge in [-0.15, -0.1) is 0 Å². The van der Waals surface area contributed by atoms with Gasteiger partial charge in [0.05, 0.1) is 25.3 Å². The zero-order valence-corrected chi connectivity index (χ0v) is 37.2. The second-order valence-electron chi connectivity index (χ2n) is 18.6. The van der Waals surface area contributed by atoms with Crippen molar-refractivity contribution in [2.24, 2.45) is 11.3 Å². The standard InChI is InChI=1S/C46H61N5O7S.CO2.CH4/c1-6-43(55)24-28-23-42(3,37-30(13-17-50(26-28)27-43)29-11-8-9-12-33(29)48-37)32-21-31-34(22-35(32)57-4)49-38-45(31)15-18-51-16-10-14-44(7-2,39(45)51)40(53)46(38,56)36(52)25-47-41(54)58-19-20-59-5;2-1-3;/h8-12,14,21-22,28,38-40,48-49,53,55-56H,6-7,13,15-20,23-27H2,1-5H3,(H,47,54);;1H4/t28?,38-,39?,40-,42-,43?,44-,45+,46+;;/m1../s1. The smallest absolute Gasteiger partial charge is 0.407 e. The van der Waals surface area contributed by atoms with Crippen LogP contribution in [0.3, 0.4) is 0 Å². The number of hydrogen-bond acceptors (Lipinski definition) is 13. The molecule has 63 heavy (non-hydrogen) atoms. The molecule has 1 aliphatic carbocycles.